The largest absolute Gasteiger partial charge is 0.378 e. The molecule has 0 aromatic carbocycles. The Balaban J connectivity index is 2.18. The van der Waals surface area contributed by atoms with Crippen molar-refractivity contribution in [2.24, 2.45) is 10.7 Å². The van der Waals surface area contributed by atoms with E-state index in [0.29, 0.717) is 12.1 Å². The zero-order chi connectivity index (χ0) is 12.5. The van der Waals surface area contributed by atoms with Gasteiger partial charge in [0.15, 0.2) is 5.96 Å². The van der Waals surface area contributed by atoms with Gasteiger partial charge in [-0.25, -0.2) is 0 Å². The SMILES string of the molecule is CCC1CC2(CCO1)CN=C(N)N2C(C)CC. The predicted octanol–water partition coefficient (Wildman–Crippen LogP) is 1.74. The van der Waals surface area contributed by atoms with E-state index in [1.807, 2.05) is 0 Å². The Morgan fingerprint density at radius 3 is 3.00 bits per heavy atom. The molecule has 0 saturated carbocycles. The first-order valence-corrected chi connectivity index (χ1v) is 6.84. The van der Waals surface area contributed by atoms with Gasteiger partial charge in [0.25, 0.3) is 0 Å². The molecule has 4 nitrogen and oxygen atoms in total. The van der Waals surface area contributed by atoms with E-state index in [2.05, 4.69) is 30.7 Å². The molecule has 1 fully saturated rings. The van der Waals surface area contributed by atoms with Crippen LogP contribution in [0.4, 0.5) is 0 Å². The lowest BCUT2D eigenvalue weighted by atomic mass is 9.84. The van der Waals surface area contributed by atoms with Gasteiger partial charge in [0, 0.05) is 12.6 Å². The predicted molar refractivity (Wildman–Crippen MR) is 70.1 cm³/mol. The number of hydrogen-bond acceptors (Lipinski definition) is 4. The van der Waals surface area contributed by atoms with Crippen LogP contribution < -0.4 is 5.73 Å². The maximum atomic E-state index is 6.08. The molecule has 0 aromatic rings. The standard InChI is InChI=1S/C13H25N3O/c1-4-10(3)16-12(14)15-9-13(16)6-7-17-11(5-2)8-13/h10-11H,4-9H2,1-3H3,(H2,14,15). The third-order valence-corrected chi connectivity index (χ3v) is 4.31. The summed E-state index contributed by atoms with van der Waals surface area (Å²) in [4.78, 5) is 6.86. The van der Waals surface area contributed by atoms with Gasteiger partial charge in [-0.2, -0.15) is 0 Å². The highest BCUT2D eigenvalue weighted by Gasteiger charge is 2.47. The number of rotatable bonds is 3. The van der Waals surface area contributed by atoms with Gasteiger partial charge in [-0.3, -0.25) is 4.99 Å². The molecule has 3 unspecified atom stereocenters. The monoisotopic (exact) mass is 239 g/mol. The van der Waals surface area contributed by atoms with Gasteiger partial charge in [0.1, 0.15) is 0 Å². The Labute approximate surface area is 104 Å². The van der Waals surface area contributed by atoms with Crippen LogP contribution >= 0.6 is 0 Å². The van der Waals surface area contributed by atoms with Crippen molar-refractivity contribution in [3.63, 3.8) is 0 Å². The van der Waals surface area contributed by atoms with Crippen LogP contribution in [0.5, 0.6) is 0 Å². The van der Waals surface area contributed by atoms with E-state index in [4.69, 9.17) is 10.5 Å². The summed E-state index contributed by atoms with van der Waals surface area (Å²) in [6, 6.07) is 0.469. The second-order valence-electron chi connectivity index (χ2n) is 5.38. The molecular weight excluding hydrogens is 214 g/mol. The van der Waals surface area contributed by atoms with Gasteiger partial charge >= 0.3 is 0 Å². The van der Waals surface area contributed by atoms with Crippen LogP contribution in [0, 0.1) is 0 Å². The molecule has 0 amide bonds. The number of guanidine groups is 1. The second kappa shape index (κ2) is 4.84. The minimum Gasteiger partial charge on any atom is -0.378 e. The molecule has 2 aliphatic rings. The van der Waals surface area contributed by atoms with Gasteiger partial charge < -0.3 is 15.4 Å². The van der Waals surface area contributed by atoms with E-state index in [9.17, 15) is 0 Å². The van der Waals surface area contributed by atoms with Crippen molar-refractivity contribution in [3.8, 4) is 0 Å². The summed E-state index contributed by atoms with van der Waals surface area (Å²) in [7, 11) is 0. The third-order valence-electron chi connectivity index (χ3n) is 4.31. The van der Waals surface area contributed by atoms with E-state index in [0.717, 1.165) is 44.8 Å². The van der Waals surface area contributed by atoms with Crippen LogP contribution in [0.15, 0.2) is 4.99 Å². The molecule has 17 heavy (non-hydrogen) atoms. The summed E-state index contributed by atoms with van der Waals surface area (Å²) in [6.45, 7) is 8.33. The molecule has 0 aromatic heterocycles. The van der Waals surface area contributed by atoms with Gasteiger partial charge in [0.05, 0.1) is 18.2 Å². The van der Waals surface area contributed by atoms with Crippen LogP contribution in [0.25, 0.3) is 0 Å². The van der Waals surface area contributed by atoms with E-state index in [1.54, 1.807) is 0 Å². The van der Waals surface area contributed by atoms with Crippen LogP contribution in [0.3, 0.4) is 0 Å². The Morgan fingerprint density at radius 1 is 1.59 bits per heavy atom. The summed E-state index contributed by atoms with van der Waals surface area (Å²) in [5.41, 5.74) is 6.22. The van der Waals surface area contributed by atoms with Crippen molar-refractivity contribution in [2.75, 3.05) is 13.2 Å². The van der Waals surface area contributed by atoms with Gasteiger partial charge in [-0.15, -0.1) is 0 Å². The Hall–Kier alpha value is -0.770. The minimum atomic E-state index is 0.137. The first-order valence-electron chi connectivity index (χ1n) is 6.84. The second-order valence-corrected chi connectivity index (χ2v) is 5.38. The van der Waals surface area contributed by atoms with Gasteiger partial charge in [-0.1, -0.05) is 13.8 Å². The summed E-state index contributed by atoms with van der Waals surface area (Å²) < 4.78 is 5.79. The molecule has 4 heteroatoms. The van der Waals surface area contributed by atoms with Crippen molar-refractivity contribution < 1.29 is 4.74 Å². The van der Waals surface area contributed by atoms with E-state index in [-0.39, 0.29) is 5.54 Å². The molecule has 2 N–H and O–H groups in total. The Kier molecular flexibility index (Phi) is 3.61. The van der Waals surface area contributed by atoms with Crippen LogP contribution in [0.2, 0.25) is 0 Å². The van der Waals surface area contributed by atoms with Crippen molar-refractivity contribution >= 4 is 5.96 Å². The highest BCUT2D eigenvalue weighted by atomic mass is 16.5. The first kappa shape index (κ1) is 12.7. The fraction of sp³-hybridized carbons (Fsp3) is 0.923. The van der Waals surface area contributed by atoms with Crippen LogP contribution in [-0.4, -0.2) is 41.7 Å². The van der Waals surface area contributed by atoms with Gasteiger partial charge in [0.2, 0.25) is 0 Å². The first-order chi connectivity index (χ1) is 8.13. The zero-order valence-electron chi connectivity index (χ0n) is 11.3. The summed E-state index contributed by atoms with van der Waals surface area (Å²) in [5, 5.41) is 0. The lowest BCUT2D eigenvalue weighted by Crippen LogP contribution is -2.59. The maximum Gasteiger partial charge on any atom is 0.192 e. The number of nitrogens with zero attached hydrogens (tertiary/aromatic N) is 2. The lowest BCUT2D eigenvalue weighted by Gasteiger charge is -2.47. The molecule has 1 spiro atoms. The molecule has 0 aliphatic carbocycles. The molecule has 3 atom stereocenters. The van der Waals surface area contributed by atoms with Crippen LogP contribution in [0.1, 0.15) is 46.5 Å². The van der Waals surface area contributed by atoms with Crippen molar-refractivity contribution in [3.05, 3.63) is 0 Å². The lowest BCUT2D eigenvalue weighted by molar-refractivity contribution is -0.0553. The molecule has 0 radical (unpaired) electrons. The van der Waals surface area contributed by atoms with E-state index < -0.39 is 0 Å². The summed E-state index contributed by atoms with van der Waals surface area (Å²) >= 11 is 0. The molecular formula is C13H25N3O. The van der Waals surface area contributed by atoms with E-state index >= 15 is 0 Å². The number of aliphatic imine (C=N–C) groups is 1. The van der Waals surface area contributed by atoms with Crippen molar-refractivity contribution in [1.82, 2.24) is 4.90 Å². The summed E-state index contributed by atoms with van der Waals surface area (Å²) in [5.74, 6) is 0.733. The van der Waals surface area contributed by atoms with E-state index in [1.165, 1.54) is 0 Å². The third kappa shape index (κ3) is 2.15. The number of nitrogens with two attached hydrogens (primary N) is 1. The number of hydrogen-bond donors (Lipinski definition) is 1. The fourth-order valence-electron chi connectivity index (χ4n) is 3.12. The van der Waals surface area contributed by atoms with Gasteiger partial charge in [-0.05, 0) is 32.6 Å². The number of ether oxygens (including phenoxy) is 1. The Morgan fingerprint density at radius 2 is 2.35 bits per heavy atom. The maximum absolute atomic E-state index is 6.08. The van der Waals surface area contributed by atoms with Crippen molar-refractivity contribution in [1.29, 1.82) is 0 Å². The molecule has 2 rings (SSSR count). The summed E-state index contributed by atoms with van der Waals surface area (Å²) in [6.07, 6.45) is 4.68. The highest BCUT2D eigenvalue weighted by molar-refractivity contribution is 5.81. The van der Waals surface area contributed by atoms with Crippen LogP contribution in [-0.2, 0) is 4.74 Å². The molecule has 2 heterocycles. The molecule has 2 aliphatic heterocycles. The topological polar surface area (TPSA) is 50.9 Å². The zero-order valence-corrected chi connectivity index (χ0v) is 11.3. The minimum absolute atomic E-state index is 0.137. The Bertz CT molecular complexity index is 305. The fourth-order valence-corrected chi connectivity index (χ4v) is 3.12. The molecule has 1 saturated heterocycles. The highest BCUT2D eigenvalue weighted by Crippen LogP contribution is 2.37. The quantitative estimate of drug-likeness (QED) is 0.816. The molecule has 0 bridgehead atoms. The average Bonchev–Trinajstić information content (AvgIpc) is 2.65. The molecule has 98 valence electrons. The smallest absolute Gasteiger partial charge is 0.192 e. The average molecular weight is 239 g/mol. The normalized spacial score (nSPS) is 35.1. The van der Waals surface area contributed by atoms with Crippen molar-refractivity contribution in [2.45, 2.75) is 64.1 Å².